The van der Waals surface area contributed by atoms with Crippen molar-refractivity contribution in [3.8, 4) is 57.2 Å². The van der Waals surface area contributed by atoms with Crippen molar-refractivity contribution in [1.29, 1.82) is 0 Å². The number of tetrazole rings is 5. The van der Waals surface area contributed by atoms with E-state index >= 15 is 0 Å². The molecule has 0 bridgehead atoms. The Kier molecular flexibility index (Phi) is 41.4. The van der Waals surface area contributed by atoms with Gasteiger partial charge in [-0.05, 0) is 148 Å². The second-order valence-electron chi connectivity index (χ2n) is 24.3. The minimum atomic E-state index is -0.530. The van der Waals surface area contributed by atoms with Crippen LogP contribution in [0.25, 0.3) is 28.4 Å². The van der Waals surface area contributed by atoms with E-state index in [2.05, 4.69) is 121 Å². The number of benzene rings is 10. The number of rotatable bonds is 21. The van der Waals surface area contributed by atoms with Crippen LogP contribution < -0.4 is 52.1 Å². The number of hydrogen-bond acceptors (Lipinski definition) is 20. The van der Waals surface area contributed by atoms with Crippen LogP contribution in [0, 0.1) is 69.9 Å². The maximum Gasteiger partial charge on any atom is 0.368 e. The van der Waals surface area contributed by atoms with Crippen molar-refractivity contribution >= 4 is 50.1 Å². The van der Waals surface area contributed by atoms with E-state index in [4.69, 9.17) is 35.3 Å². The first-order valence-electron chi connectivity index (χ1n) is 34.3. The van der Waals surface area contributed by atoms with Crippen LogP contribution in [0.4, 0.5) is 22.0 Å². The molecular formula is C78H63BrClF5IN20O10Y5-5. The standard InChI is InChI=1S/C17H16FN4O2.C16H14FN4O2.C15H11BrFN4O2.C15H11ClFN4O2.C15H11FIN4O2.5Y/c1-3-12-7-6-9-15(22-17(23)21(2)19-20-22)13(12)11-24-16-10-5-4-8-14(16)18;1-11-6-5-8-14(21-16(22)20(2)18-19-21)12(11)10-23-15-9-4-3-7-13(15)17;2*1-20-15(22)21(19-18-20)13-7-4-5-11(16)10(13)9-23-14-8-3-2-6-12(14)17;1-20-15(22)21(19-18-20)13-7-4-6-12(17)10(13)9-23-14-8-3-2-5-11(14)16;;;;;/h5-10H,3,11H2,1-2H3;4-9H,10H2,1-2H3;3*3-8H,9H2,1H3;;;;;/q5*-1;;;;;. The third-order valence-electron chi connectivity index (χ3n) is 16.8. The first kappa shape index (κ1) is 102. The Morgan fingerprint density at radius 3 is 0.950 bits per heavy atom. The fraction of sp³-hybridized carbons (Fsp3) is 0.167. The maximum atomic E-state index is 13.7. The summed E-state index contributed by atoms with van der Waals surface area (Å²) in [5.41, 5.74) is 6.04. The van der Waals surface area contributed by atoms with Gasteiger partial charge < -0.3 is 23.7 Å². The molecule has 0 N–H and O–H groups in total. The number of ether oxygens (including phenoxy) is 5. The summed E-state index contributed by atoms with van der Waals surface area (Å²) < 4.78 is 109. The fourth-order valence-corrected chi connectivity index (χ4v) is 12.0. The Balaban J connectivity index is 0.000000232. The van der Waals surface area contributed by atoms with Gasteiger partial charge in [0.25, 0.3) is 0 Å². The Labute approximate surface area is 839 Å². The summed E-state index contributed by atoms with van der Waals surface area (Å²) in [5, 5.41) is 38.0. The van der Waals surface area contributed by atoms with Gasteiger partial charge in [-0.15, -0.1) is 60.7 Å². The summed E-state index contributed by atoms with van der Waals surface area (Å²) in [5.74, 6) is -1.92. The zero-order chi connectivity index (χ0) is 82.7. The van der Waals surface area contributed by atoms with Crippen LogP contribution in [0.5, 0.6) is 28.7 Å². The predicted octanol–water partition coefficient (Wildman–Crippen LogP) is 10.3. The summed E-state index contributed by atoms with van der Waals surface area (Å²) in [6.45, 7) is 4.23. The van der Waals surface area contributed by atoms with E-state index in [1.165, 1.54) is 115 Å². The molecular weight excluding hydrogens is 2160 g/mol. The summed E-state index contributed by atoms with van der Waals surface area (Å²) in [4.78, 5) is 60.3. The zero-order valence-corrected chi connectivity index (χ0v) is 83.7. The van der Waals surface area contributed by atoms with Gasteiger partial charge in [0.15, 0.2) is 0 Å². The second-order valence-corrected chi connectivity index (χ2v) is 26.7. The first-order valence-corrected chi connectivity index (χ1v) is 36.6. The SMILES string of the molecule is CCc1cccc(-n2nnn(C)c2=O)c1COc1cc[c-]cc1F.Cc1cccc(-n2nnn(C)c2=O)c1COc1cc[c-]cc1F.Cn1nnn(-c2cccc(Br)c2COc2cc[c-]cc2F)c1=O.Cn1nnn(-c2cccc(Cl)c2COc2cc[c-]cc2F)c1=O.Cn1nnn(-c2cccc(I)c2COc2cc[c-]cc2F)c1=O.[Y].[Y].[Y].[Y].[Y]. The molecule has 10 aromatic carbocycles. The largest absolute Gasteiger partial charge is 0.511 e. The van der Waals surface area contributed by atoms with E-state index < -0.39 is 34.8 Å². The molecule has 43 heteroatoms. The Morgan fingerprint density at radius 2 is 0.620 bits per heavy atom. The monoisotopic (exact) mass is 2220 g/mol. The number of aromatic nitrogens is 20. The minimum absolute atomic E-state index is 0. The number of aryl methyl sites for hydroxylation is 7. The van der Waals surface area contributed by atoms with Crippen LogP contribution in [-0.4, -0.2) is 99.0 Å². The van der Waals surface area contributed by atoms with Gasteiger partial charge in [-0.2, -0.15) is 107 Å². The average molecular weight is 2220 g/mol. The van der Waals surface area contributed by atoms with Gasteiger partial charge in [0.1, 0.15) is 33.0 Å². The van der Waals surface area contributed by atoms with Crippen molar-refractivity contribution < 1.29 is 209 Å². The van der Waals surface area contributed by atoms with E-state index in [0.29, 0.717) is 44.6 Å². The molecule has 0 unspecified atom stereocenters. The molecule has 5 heterocycles. The van der Waals surface area contributed by atoms with Gasteiger partial charge in [0.05, 0.1) is 28.4 Å². The minimum Gasteiger partial charge on any atom is -0.511 e. The van der Waals surface area contributed by atoms with Gasteiger partial charge in [0, 0.05) is 298 Å². The van der Waals surface area contributed by atoms with E-state index in [0.717, 1.165) is 70.4 Å². The fourth-order valence-electron chi connectivity index (χ4n) is 10.7. The molecule has 5 radical (unpaired) electrons. The quantitative estimate of drug-likeness (QED) is 0.0367. The normalized spacial score (nSPS) is 10.3. The molecule has 15 aromatic rings. The van der Waals surface area contributed by atoms with Crippen LogP contribution in [0.2, 0.25) is 5.02 Å². The Bertz CT molecular complexity index is 5720. The summed E-state index contributed by atoms with van der Waals surface area (Å²) in [7, 11) is 7.57. The van der Waals surface area contributed by atoms with Crippen LogP contribution >= 0.6 is 50.1 Å². The maximum absolute atomic E-state index is 13.7. The summed E-state index contributed by atoms with van der Waals surface area (Å²) >= 11 is 11.7. The van der Waals surface area contributed by atoms with Crippen molar-refractivity contribution in [2.45, 2.75) is 53.3 Å². The predicted molar refractivity (Wildman–Crippen MR) is 420 cm³/mol. The summed E-state index contributed by atoms with van der Waals surface area (Å²) in [6, 6.07) is 61.2. The molecule has 5 aromatic heterocycles. The molecule has 121 heavy (non-hydrogen) atoms. The molecule has 0 aliphatic carbocycles. The van der Waals surface area contributed by atoms with Gasteiger partial charge in [-0.25, -0.2) is 24.0 Å². The molecule has 0 fully saturated rings. The Morgan fingerprint density at radius 1 is 0.355 bits per heavy atom. The Hall–Kier alpha value is -7.78. The van der Waals surface area contributed by atoms with Gasteiger partial charge in [-0.3, -0.25) is 22.0 Å². The van der Waals surface area contributed by atoms with Crippen molar-refractivity contribution in [3.05, 3.63) is 346 Å². The molecule has 0 amide bonds. The van der Waals surface area contributed by atoms with Crippen molar-refractivity contribution in [2.24, 2.45) is 35.2 Å². The topological polar surface area (TPSA) is 310 Å². The summed E-state index contributed by atoms with van der Waals surface area (Å²) in [6.07, 6.45) is 0.743. The molecule has 15 rings (SSSR count). The first-order chi connectivity index (χ1) is 55.9. The third-order valence-corrected chi connectivity index (χ3v) is 18.9. The van der Waals surface area contributed by atoms with E-state index in [1.54, 1.807) is 91.0 Å². The molecule has 0 atom stereocenters. The molecule has 0 aliphatic heterocycles. The van der Waals surface area contributed by atoms with Crippen LogP contribution in [0.1, 0.15) is 45.9 Å². The number of nitrogens with zero attached hydrogens (tertiary/aromatic N) is 20. The van der Waals surface area contributed by atoms with Gasteiger partial charge in [0.2, 0.25) is 0 Å². The zero-order valence-electron chi connectivity index (χ0n) is 65.0. The number of halogens is 8. The van der Waals surface area contributed by atoms with E-state index in [1.807, 2.05) is 44.2 Å². The van der Waals surface area contributed by atoms with Crippen molar-refractivity contribution in [1.82, 2.24) is 99.0 Å². The van der Waals surface area contributed by atoms with Gasteiger partial charge in [-0.1, -0.05) is 76.9 Å². The van der Waals surface area contributed by atoms with Crippen molar-refractivity contribution in [2.75, 3.05) is 0 Å². The average Bonchev–Trinajstić information content (AvgIpc) is 1.76. The molecule has 0 aliphatic rings. The molecule has 0 saturated heterocycles. The van der Waals surface area contributed by atoms with E-state index in [9.17, 15) is 45.9 Å². The molecule has 0 saturated carbocycles. The van der Waals surface area contributed by atoms with Gasteiger partial charge >= 0.3 is 28.4 Å². The molecule has 0 spiro atoms. The smallest absolute Gasteiger partial charge is 0.368 e. The van der Waals surface area contributed by atoms with Crippen LogP contribution in [0.3, 0.4) is 0 Å². The van der Waals surface area contributed by atoms with Crippen LogP contribution in [-0.2, 0) is 238 Å². The number of hydrogen-bond donors (Lipinski definition) is 0. The molecule has 30 nitrogen and oxygen atoms in total. The van der Waals surface area contributed by atoms with Crippen molar-refractivity contribution in [3.63, 3.8) is 0 Å². The molecule has 611 valence electrons. The second kappa shape index (κ2) is 49.1. The third kappa shape index (κ3) is 25.9. The van der Waals surface area contributed by atoms with Crippen LogP contribution in [0.15, 0.2) is 210 Å². The van der Waals surface area contributed by atoms with E-state index in [-0.39, 0.29) is 248 Å².